The number of nitrogens with one attached hydrogen (secondary N) is 1. The number of rotatable bonds is 7. The zero-order valence-electron chi connectivity index (χ0n) is 12.1. The second-order valence-electron chi connectivity index (χ2n) is 4.85. The Bertz CT molecular complexity index is 471. The first kappa shape index (κ1) is 16.0. The van der Waals surface area contributed by atoms with Crippen molar-refractivity contribution in [1.82, 2.24) is 5.32 Å². The summed E-state index contributed by atoms with van der Waals surface area (Å²) in [5, 5.41) is 11.6. The summed E-state index contributed by atoms with van der Waals surface area (Å²) >= 11 is 0. The molecule has 5 nitrogen and oxygen atoms in total. The normalized spacial score (nSPS) is 12.0. The summed E-state index contributed by atoms with van der Waals surface area (Å²) in [6.45, 7) is 5.72. The van der Waals surface area contributed by atoms with Gasteiger partial charge in [-0.3, -0.25) is 9.59 Å². The molecule has 1 aromatic rings. The number of benzene rings is 1. The van der Waals surface area contributed by atoms with E-state index in [0.717, 1.165) is 0 Å². The van der Waals surface area contributed by atoms with E-state index in [1.807, 2.05) is 13.8 Å². The van der Waals surface area contributed by atoms with Gasteiger partial charge >= 0.3 is 5.97 Å². The van der Waals surface area contributed by atoms with Gasteiger partial charge in [0.05, 0.1) is 12.0 Å². The van der Waals surface area contributed by atoms with Crippen LogP contribution in [0.5, 0.6) is 5.75 Å². The highest BCUT2D eigenvalue weighted by atomic mass is 16.5. The fraction of sp³-hybridized carbons (Fsp3) is 0.467. The number of carboxylic acid groups (broad SMARTS) is 1. The highest BCUT2D eigenvalue weighted by Gasteiger charge is 2.16. The van der Waals surface area contributed by atoms with Crippen LogP contribution >= 0.6 is 0 Å². The van der Waals surface area contributed by atoms with E-state index in [9.17, 15) is 9.59 Å². The molecule has 0 saturated heterocycles. The summed E-state index contributed by atoms with van der Waals surface area (Å²) in [4.78, 5) is 22.8. The average molecular weight is 279 g/mol. The van der Waals surface area contributed by atoms with Crippen LogP contribution in [0.25, 0.3) is 0 Å². The van der Waals surface area contributed by atoms with Gasteiger partial charge in [-0.2, -0.15) is 0 Å². The Morgan fingerprint density at radius 1 is 1.35 bits per heavy atom. The number of carboxylic acids is 1. The molecule has 1 unspecified atom stereocenters. The molecular formula is C15H21NO4. The van der Waals surface area contributed by atoms with Gasteiger partial charge in [0, 0.05) is 12.1 Å². The molecule has 1 rings (SSSR count). The van der Waals surface area contributed by atoms with E-state index in [1.165, 1.54) is 0 Å². The van der Waals surface area contributed by atoms with Crippen LogP contribution < -0.4 is 10.1 Å². The lowest BCUT2D eigenvalue weighted by atomic mass is 10.1. The minimum atomic E-state index is -0.898. The molecule has 0 radical (unpaired) electrons. The summed E-state index contributed by atoms with van der Waals surface area (Å²) < 4.78 is 5.52. The minimum Gasteiger partial charge on any atom is -0.491 e. The molecule has 0 saturated carbocycles. The summed E-state index contributed by atoms with van der Waals surface area (Å²) in [7, 11) is 0. The number of ether oxygens (including phenoxy) is 1. The molecule has 0 heterocycles. The Hall–Kier alpha value is -2.04. The molecule has 2 N–H and O–H groups in total. The lowest BCUT2D eigenvalue weighted by Crippen LogP contribution is -2.32. The number of carbonyl (C=O) groups excluding carboxylic acids is 1. The van der Waals surface area contributed by atoms with Crippen LogP contribution in [0.4, 0.5) is 0 Å². The standard InChI is InChI=1S/C15H21NO4/c1-4-11(15(18)19)9-16-14(17)12-6-5-7-13(8-12)20-10(2)3/h5-8,10-11H,4,9H2,1-3H3,(H,16,17)(H,18,19). The third kappa shape index (κ3) is 4.91. The van der Waals surface area contributed by atoms with Crippen LogP contribution in [0.3, 0.4) is 0 Å². The Labute approximate surface area is 118 Å². The monoisotopic (exact) mass is 279 g/mol. The fourth-order valence-electron chi connectivity index (χ4n) is 1.71. The molecule has 0 aromatic heterocycles. The average Bonchev–Trinajstić information content (AvgIpc) is 2.38. The number of carbonyl (C=O) groups is 2. The van der Waals surface area contributed by atoms with Gasteiger partial charge < -0.3 is 15.2 Å². The molecule has 0 spiro atoms. The van der Waals surface area contributed by atoms with Crippen molar-refractivity contribution < 1.29 is 19.4 Å². The molecule has 0 aliphatic carbocycles. The van der Waals surface area contributed by atoms with Gasteiger partial charge in [0.25, 0.3) is 5.91 Å². The lowest BCUT2D eigenvalue weighted by Gasteiger charge is -2.13. The third-order valence-corrected chi connectivity index (χ3v) is 2.82. The third-order valence-electron chi connectivity index (χ3n) is 2.82. The van der Waals surface area contributed by atoms with Crippen molar-refractivity contribution in [3.63, 3.8) is 0 Å². The molecule has 1 atom stereocenters. The second kappa shape index (κ2) is 7.53. The predicted octanol–water partition coefficient (Wildman–Crippen LogP) is 2.31. The zero-order chi connectivity index (χ0) is 15.1. The van der Waals surface area contributed by atoms with E-state index >= 15 is 0 Å². The maximum Gasteiger partial charge on any atom is 0.308 e. The van der Waals surface area contributed by atoms with Crippen LogP contribution in [0.2, 0.25) is 0 Å². The highest BCUT2D eigenvalue weighted by Crippen LogP contribution is 2.15. The summed E-state index contributed by atoms with van der Waals surface area (Å²) in [5.74, 6) is -1.13. The topological polar surface area (TPSA) is 75.6 Å². The van der Waals surface area contributed by atoms with Gasteiger partial charge in [0.1, 0.15) is 5.75 Å². The molecule has 0 aliphatic heterocycles. The number of amides is 1. The van der Waals surface area contributed by atoms with E-state index in [4.69, 9.17) is 9.84 Å². The van der Waals surface area contributed by atoms with E-state index in [0.29, 0.717) is 17.7 Å². The quantitative estimate of drug-likeness (QED) is 0.803. The van der Waals surface area contributed by atoms with Crippen LogP contribution in [-0.4, -0.2) is 29.6 Å². The lowest BCUT2D eigenvalue weighted by molar-refractivity contribution is -0.141. The van der Waals surface area contributed by atoms with Crippen LogP contribution in [0.15, 0.2) is 24.3 Å². The minimum absolute atomic E-state index is 0.0322. The first-order valence-electron chi connectivity index (χ1n) is 6.71. The van der Waals surface area contributed by atoms with Crippen molar-refractivity contribution in [2.75, 3.05) is 6.54 Å². The van der Waals surface area contributed by atoms with Gasteiger partial charge in [-0.25, -0.2) is 0 Å². The molecule has 1 amide bonds. The van der Waals surface area contributed by atoms with Gasteiger partial charge in [0.15, 0.2) is 0 Å². The highest BCUT2D eigenvalue weighted by molar-refractivity contribution is 5.94. The van der Waals surface area contributed by atoms with Crippen LogP contribution in [-0.2, 0) is 4.79 Å². The fourth-order valence-corrected chi connectivity index (χ4v) is 1.71. The molecule has 0 fully saturated rings. The number of hydrogen-bond donors (Lipinski definition) is 2. The Balaban J connectivity index is 2.65. The van der Waals surface area contributed by atoms with Gasteiger partial charge in [0.2, 0.25) is 0 Å². The smallest absolute Gasteiger partial charge is 0.308 e. The molecule has 0 aliphatic rings. The van der Waals surface area contributed by atoms with E-state index in [2.05, 4.69) is 5.32 Å². The first-order chi connectivity index (χ1) is 9.43. The van der Waals surface area contributed by atoms with Crippen molar-refractivity contribution in [2.24, 2.45) is 5.92 Å². The summed E-state index contributed by atoms with van der Waals surface area (Å²) in [6, 6.07) is 6.84. The number of hydrogen-bond acceptors (Lipinski definition) is 3. The van der Waals surface area contributed by atoms with Gasteiger partial charge in [-0.15, -0.1) is 0 Å². The largest absolute Gasteiger partial charge is 0.491 e. The molecule has 5 heteroatoms. The van der Waals surface area contributed by atoms with Crippen molar-refractivity contribution in [3.8, 4) is 5.75 Å². The summed E-state index contributed by atoms with van der Waals surface area (Å²) in [5.41, 5.74) is 0.461. The maximum atomic E-state index is 12.0. The molecule has 110 valence electrons. The zero-order valence-corrected chi connectivity index (χ0v) is 12.1. The van der Waals surface area contributed by atoms with E-state index in [-0.39, 0.29) is 18.6 Å². The number of aliphatic carboxylic acids is 1. The predicted molar refractivity (Wildman–Crippen MR) is 76.0 cm³/mol. The molecule has 1 aromatic carbocycles. The molecular weight excluding hydrogens is 258 g/mol. The Morgan fingerprint density at radius 3 is 2.60 bits per heavy atom. The molecule has 20 heavy (non-hydrogen) atoms. The Kier molecular flexibility index (Phi) is 6.03. The van der Waals surface area contributed by atoms with Crippen LogP contribution in [0.1, 0.15) is 37.6 Å². The van der Waals surface area contributed by atoms with E-state index in [1.54, 1.807) is 31.2 Å². The SMILES string of the molecule is CCC(CNC(=O)c1cccc(OC(C)C)c1)C(=O)O. The molecule has 0 bridgehead atoms. The Morgan fingerprint density at radius 2 is 2.05 bits per heavy atom. The second-order valence-corrected chi connectivity index (χ2v) is 4.85. The summed E-state index contributed by atoms with van der Waals surface area (Å²) in [6.07, 6.45) is 0.511. The maximum absolute atomic E-state index is 12.0. The van der Waals surface area contributed by atoms with Gasteiger partial charge in [-0.1, -0.05) is 13.0 Å². The van der Waals surface area contributed by atoms with Crippen LogP contribution in [0, 0.1) is 5.92 Å². The van der Waals surface area contributed by atoms with Crippen molar-refractivity contribution in [1.29, 1.82) is 0 Å². The first-order valence-corrected chi connectivity index (χ1v) is 6.71. The van der Waals surface area contributed by atoms with Gasteiger partial charge in [-0.05, 0) is 38.5 Å². The van der Waals surface area contributed by atoms with Crippen molar-refractivity contribution in [2.45, 2.75) is 33.3 Å². The van der Waals surface area contributed by atoms with E-state index < -0.39 is 11.9 Å². The van der Waals surface area contributed by atoms with Crippen molar-refractivity contribution >= 4 is 11.9 Å². The van der Waals surface area contributed by atoms with Crippen molar-refractivity contribution in [3.05, 3.63) is 29.8 Å².